The van der Waals surface area contributed by atoms with E-state index in [1.807, 2.05) is 6.07 Å². The van der Waals surface area contributed by atoms with Crippen LogP contribution >= 0.6 is 11.6 Å². The molecule has 1 heterocycles. The molecule has 5 heteroatoms. The molecule has 0 atom stereocenters. The zero-order valence-electron chi connectivity index (χ0n) is 15.7. The van der Waals surface area contributed by atoms with E-state index in [0.717, 1.165) is 50.6 Å². The van der Waals surface area contributed by atoms with Gasteiger partial charge in [-0.15, -0.1) is 0 Å². The normalized spacial score (nSPS) is 15.3. The summed E-state index contributed by atoms with van der Waals surface area (Å²) >= 11 is 5.78. The van der Waals surface area contributed by atoms with Gasteiger partial charge in [-0.3, -0.25) is 4.90 Å². The van der Waals surface area contributed by atoms with Crippen molar-refractivity contribution in [2.75, 3.05) is 44.7 Å². The number of hydrogen-bond acceptors (Lipinski definition) is 3. The van der Waals surface area contributed by atoms with Crippen LogP contribution in [-0.4, -0.2) is 44.7 Å². The van der Waals surface area contributed by atoms with Crippen LogP contribution in [0.2, 0.25) is 5.02 Å². The van der Waals surface area contributed by atoms with Gasteiger partial charge in [-0.2, -0.15) is 0 Å². The summed E-state index contributed by atoms with van der Waals surface area (Å²) in [5.41, 5.74) is 4.83. The molecule has 0 radical (unpaired) electrons. The molecule has 3 rings (SSSR count). The maximum Gasteiger partial charge on any atom is 0.143 e. The third kappa shape index (κ3) is 4.13. The van der Waals surface area contributed by atoms with E-state index in [0.29, 0.717) is 0 Å². The van der Waals surface area contributed by atoms with Gasteiger partial charge in [0.2, 0.25) is 0 Å². The van der Waals surface area contributed by atoms with E-state index >= 15 is 0 Å². The standard InChI is InChI=1S/C21H26ClFN2O/c1-15-16(2)21(26-3)7-4-17(15)8-9-24-10-12-25(13-11-24)18-5-6-19(22)20(23)14-18/h4-7,14H,8-13H2,1-3H3. The van der Waals surface area contributed by atoms with E-state index in [1.165, 1.54) is 22.8 Å². The number of rotatable bonds is 5. The zero-order chi connectivity index (χ0) is 18.7. The Morgan fingerprint density at radius 1 is 1.04 bits per heavy atom. The van der Waals surface area contributed by atoms with Gasteiger partial charge in [-0.05, 0) is 61.2 Å². The summed E-state index contributed by atoms with van der Waals surface area (Å²) in [6.45, 7) is 9.09. The first-order valence-corrected chi connectivity index (χ1v) is 9.43. The minimum absolute atomic E-state index is 0.178. The molecular weight excluding hydrogens is 351 g/mol. The molecule has 1 fully saturated rings. The zero-order valence-corrected chi connectivity index (χ0v) is 16.4. The Balaban J connectivity index is 1.54. The Hall–Kier alpha value is -1.78. The molecule has 0 aliphatic carbocycles. The van der Waals surface area contributed by atoms with Gasteiger partial charge in [0.1, 0.15) is 11.6 Å². The topological polar surface area (TPSA) is 15.7 Å². The molecule has 1 aliphatic rings. The second-order valence-electron chi connectivity index (χ2n) is 6.85. The van der Waals surface area contributed by atoms with Crippen LogP contribution in [0, 0.1) is 19.7 Å². The number of hydrogen-bond donors (Lipinski definition) is 0. The molecule has 1 saturated heterocycles. The van der Waals surface area contributed by atoms with Gasteiger partial charge in [0.25, 0.3) is 0 Å². The van der Waals surface area contributed by atoms with E-state index in [1.54, 1.807) is 13.2 Å². The number of methoxy groups -OCH3 is 1. The van der Waals surface area contributed by atoms with Crippen molar-refractivity contribution in [2.45, 2.75) is 20.3 Å². The van der Waals surface area contributed by atoms with Gasteiger partial charge in [0, 0.05) is 38.4 Å². The smallest absolute Gasteiger partial charge is 0.143 e. The Kier molecular flexibility index (Phi) is 6.05. The van der Waals surface area contributed by atoms with Crippen LogP contribution in [0.4, 0.5) is 10.1 Å². The summed E-state index contributed by atoms with van der Waals surface area (Å²) in [7, 11) is 1.72. The molecule has 0 unspecified atom stereocenters. The van der Waals surface area contributed by atoms with Gasteiger partial charge in [-0.1, -0.05) is 17.7 Å². The van der Waals surface area contributed by atoms with Gasteiger partial charge in [-0.25, -0.2) is 4.39 Å². The third-order valence-corrected chi connectivity index (χ3v) is 5.71. The second-order valence-corrected chi connectivity index (χ2v) is 7.26. The average molecular weight is 377 g/mol. The van der Waals surface area contributed by atoms with Crippen LogP contribution in [0.5, 0.6) is 5.75 Å². The number of benzene rings is 2. The second kappa shape index (κ2) is 8.28. The summed E-state index contributed by atoms with van der Waals surface area (Å²) < 4.78 is 19.1. The van der Waals surface area contributed by atoms with Crippen LogP contribution in [-0.2, 0) is 6.42 Å². The largest absolute Gasteiger partial charge is 0.496 e. The number of anilines is 1. The first-order valence-electron chi connectivity index (χ1n) is 9.05. The molecule has 1 aliphatic heterocycles. The van der Waals surface area contributed by atoms with Crippen LogP contribution < -0.4 is 9.64 Å². The molecule has 0 saturated carbocycles. The quantitative estimate of drug-likeness (QED) is 0.765. The number of ether oxygens (including phenoxy) is 1. The van der Waals surface area contributed by atoms with E-state index in [2.05, 4.69) is 35.8 Å². The highest BCUT2D eigenvalue weighted by Gasteiger charge is 2.18. The van der Waals surface area contributed by atoms with Gasteiger partial charge in [0.05, 0.1) is 12.1 Å². The predicted molar refractivity (Wildman–Crippen MR) is 106 cm³/mol. The molecule has 0 spiro atoms. The van der Waals surface area contributed by atoms with Gasteiger partial charge < -0.3 is 9.64 Å². The molecule has 3 nitrogen and oxygen atoms in total. The lowest BCUT2D eigenvalue weighted by Gasteiger charge is -2.36. The fraction of sp³-hybridized carbons (Fsp3) is 0.429. The molecule has 26 heavy (non-hydrogen) atoms. The van der Waals surface area contributed by atoms with E-state index in [4.69, 9.17) is 16.3 Å². The lowest BCUT2D eigenvalue weighted by Crippen LogP contribution is -2.47. The van der Waals surface area contributed by atoms with Crippen molar-refractivity contribution in [1.82, 2.24) is 4.90 Å². The summed E-state index contributed by atoms with van der Waals surface area (Å²) in [4.78, 5) is 4.69. The van der Waals surface area contributed by atoms with E-state index in [9.17, 15) is 4.39 Å². The van der Waals surface area contributed by atoms with Crippen molar-refractivity contribution < 1.29 is 9.13 Å². The molecule has 0 aromatic heterocycles. The van der Waals surface area contributed by atoms with Crippen molar-refractivity contribution in [3.05, 3.63) is 57.9 Å². The SMILES string of the molecule is COc1ccc(CCN2CCN(c3ccc(Cl)c(F)c3)CC2)c(C)c1C. The molecule has 0 N–H and O–H groups in total. The molecule has 0 bridgehead atoms. The van der Waals surface area contributed by atoms with Crippen LogP contribution in [0.25, 0.3) is 0 Å². The van der Waals surface area contributed by atoms with Crippen molar-refractivity contribution in [1.29, 1.82) is 0 Å². The molecule has 0 amide bonds. The van der Waals surface area contributed by atoms with Crippen molar-refractivity contribution >= 4 is 17.3 Å². The number of nitrogens with zero attached hydrogens (tertiary/aromatic N) is 2. The maximum absolute atomic E-state index is 13.7. The Bertz CT molecular complexity index is 773. The van der Waals surface area contributed by atoms with Crippen molar-refractivity contribution in [3.8, 4) is 5.75 Å². The Morgan fingerprint density at radius 2 is 1.77 bits per heavy atom. The third-order valence-electron chi connectivity index (χ3n) is 5.41. The van der Waals surface area contributed by atoms with Crippen molar-refractivity contribution in [3.63, 3.8) is 0 Å². The first-order chi connectivity index (χ1) is 12.5. The van der Waals surface area contributed by atoms with E-state index in [-0.39, 0.29) is 10.8 Å². The highest BCUT2D eigenvalue weighted by atomic mass is 35.5. The van der Waals surface area contributed by atoms with Crippen LogP contribution in [0.3, 0.4) is 0 Å². The first kappa shape index (κ1) is 19.0. The summed E-state index contributed by atoms with van der Waals surface area (Å²) in [5, 5.41) is 0.178. The number of halogens is 2. The minimum Gasteiger partial charge on any atom is -0.496 e. The number of piperazine rings is 1. The lowest BCUT2D eigenvalue weighted by atomic mass is 9.99. The van der Waals surface area contributed by atoms with Crippen LogP contribution in [0.15, 0.2) is 30.3 Å². The monoisotopic (exact) mass is 376 g/mol. The summed E-state index contributed by atoms with van der Waals surface area (Å²) in [6, 6.07) is 9.29. The Labute approximate surface area is 160 Å². The fourth-order valence-electron chi connectivity index (χ4n) is 3.53. The van der Waals surface area contributed by atoms with Gasteiger partial charge in [0.15, 0.2) is 0 Å². The van der Waals surface area contributed by atoms with Gasteiger partial charge >= 0.3 is 0 Å². The summed E-state index contributed by atoms with van der Waals surface area (Å²) in [5.74, 6) is 0.604. The molecular formula is C21H26ClFN2O. The predicted octanol–water partition coefficient (Wildman–Crippen LogP) is 4.47. The molecule has 2 aromatic carbocycles. The van der Waals surface area contributed by atoms with Crippen molar-refractivity contribution in [2.24, 2.45) is 0 Å². The molecule has 140 valence electrons. The lowest BCUT2D eigenvalue weighted by molar-refractivity contribution is 0.261. The van der Waals surface area contributed by atoms with Crippen LogP contribution in [0.1, 0.15) is 16.7 Å². The molecule has 2 aromatic rings. The maximum atomic E-state index is 13.7. The highest BCUT2D eigenvalue weighted by Crippen LogP contribution is 2.25. The highest BCUT2D eigenvalue weighted by molar-refractivity contribution is 6.30. The fourth-order valence-corrected chi connectivity index (χ4v) is 3.65. The average Bonchev–Trinajstić information content (AvgIpc) is 2.66. The summed E-state index contributed by atoms with van der Waals surface area (Å²) in [6.07, 6.45) is 1.03. The Morgan fingerprint density at radius 3 is 2.42 bits per heavy atom. The minimum atomic E-state index is -0.350. The van der Waals surface area contributed by atoms with E-state index < -0.39 is 0 Å².